The SMILES string of the molecule is NC1=NC(c2ccc(F)cc2)(c2ccc(F)cc2)C(=O)N1Cc1cncc(C(=O)N2CCN(C(=O)OCCOCc3ccccc3)CC2)c1. The number of hydrogen-bond acceptors (Lipinski definition) is 8. The molecule has 3 heterocycles. The van der Waals surface area contributed by atoms with E-state index >= 15 is 0 Å². The third kappa shape index (κ3) is 7.26. The van der Waals surface area contributed by atoms with Crippen LogP contribution in [0.15, 0.2) is 102 Å². The first-order chi connectivity index (χ1) is 23.7. The van der Waals surface area contributed by atoms with E-state index in [1.54, 1.807) is 15.9 Å². The number of amides is 3. The minimum atomic E-state index is -1.66. The fourth-order valence-corrected chi connectivity index (χ4v) is 5.85. The number of carbonyl (C=O) groups excluding carboxylic acids is 3. The van der Waals surface area contributed by atoms with Crippen LogP contribution < -0.4 is 5.73 Å². The number of piperazine rings is 1. The van der Waals surface area contributed by atoms with Crippen LogP contribution >= 0.6 is 0 Å². The number of nitrogens with zero attached hydrogens (tertiary/aromatic N) is 5. The fraction of sp³-hybridized carbons (Fsp3) is 0.250. The van der Waals surface area contributed by atoms with Crippen molar-refractivity contribution in [3.63, 3.8) is 0 Å². The summed E-state index contributed by atoms with van der Waals surface area (Å²) in [5, 5.41) is 0. The Balaban J connectivity index is 1.06. The Morgan fingerprint density at radius 1 is 0.796 bits per heavy atom. The summed E-state index contributed by atoms with van der Waals surface area (Å²) in [4.78, 5) is 53.3. The Labute approximate surface area is 281 Å². The van der Waals surface area contributed by atoms with Gasteiger partial charge >= 0.3 is 6.09 Å². The minimum Gasteiger partial charge on any atom is -0.447 e. The molecule has 3 aromatic carbocycles. The molecule has 2 aliphatic rings. The average molecular weight is 669 g/mol. The highest BCUT2D eigenvalue weighted by atomic mass is 19.1. The molecule has 4 aromatic rings. The number of hydrogen-bond donors (Lipinski definition) is 1. The number of nitrogens with two attached hydrogens (primary N) is 1. The van der Waals surface area contributed by atoms with Crippen LogP contribution in [0.3, 0.4) is 0 Å². The molecule has 3 amide bonds. The molecular weight excluding hydrogens is 634 g/mol. The number of ether oxygens (including phenoxy) is 2. The number of rotatable bonds is 10. The molecule has 2 N–H and O–H groups in total. The van der Waals surface area contributed by atoms with Gasteiger partial charge in [0.2, 0.25) is 0 Å². The van der Waals surface area contributed by atoms with Gasteiger partial charge in [0.05, 0.1) is 25.3 Å². The fourth-order valence-electron chi connectivity index (χ4n) is 5.85. The van der Waals surface area contributed by atoms with E-state index in [1.807, 2.05) is 30.3 Å². The topological polar surface area (TPSA) is 131 Å². The van der Waals surface area contributed by atoms with E-state index in [4.69, 9.17) is 15.2 Å². The highest BCUT2D eigenvalue weighted by molar-refractivity contribution is 6.09. The highest BCUT2D eigenvalue weighted by Gasteiger charge is 2.50. The van der Waals surface area contributed by atoms with Gasteiger partial charge < -0.3 is 25.0 Å². The molecular formula is C36H34F2N6O5. The summed E-state index contributed by atoms with van der Waals surface area (Å²) < 4.78 is 38.6. The number of aromatic nitrogens is 1. The number of guanidine groups is 1. The molecule has 0 saturated carbocycles. The van der Waals surface area contributed by atoms with Crippen LogP contribution in [0.5, 0.6) is 0 Å². The number of aliphatic imine (C=N–C) groups is 1. The summed E-state index contributed by atoms with van der Waals surface area (Å²) >= 11 is 0. The van der Waals surface area contributed by atoms with Crippen molar-refractivity contribution in [3.8, 4) is 0 Å². The number of benzene rings is 3. The Bertz CT molecular complexity index is 1790. The zero-order chi connectivity index (χ0) is 34.4. The maximum absolute atomic E-state index is 14.1. The van der Waals surface area contributed by atoms with E-state index in [0.29, 0.717) is 55.0 Å². The second-order valence-electron chi connectivity index (χ2n) is 11.6. The van der Waals surface area contributed by atoms with Crippen LogP contribution in [0.25, 0.3) is 0 Å². The first-order valence-corrected chi connectivity index (χ1v) is 15.7. The number of pyridine rings is 1. The molecule has 1 fully saturated rings. The smallest absolute Gasteiger partial charge is 0.409 e. The van der Waals surface area contributed by atoms with Crippen molar-refractivity contribution in [3.05, 3.63) is 137 Å². The van der Waals surface area contributed by atoms with Crippen LogP contribution in [0.1, 0.15) is 32.6 Å². The molecule has 0 spiro atoms. The highest BCUT2D eigenvalue weighted by Crippen LogP contribution is 2.40. The average Bonchev–Trinajstić information content (AvgIpc) is 3.38. The van der Waals surface area contributed by atoms with Crippen molar-refractivity contribution in [1.82, 2.24) is 19.7 Å². The third-order valence-electron chi connectivity index (χ3n) is 8.41. The lowest BCUT2D eigenvalue weighted by Gasteiger charge is -2.34. The molecule has 49 heavy (non-hydrogen) atoms. The monoisotopic (exact) mass is 668 g/mol. The Hall–Kier alpha value is -5.69. The van der Waals surface area contributed by atoms with Crippen molar-refractivity contribution in [2.45, 2.75) is 18.7 Å². The Kier molecular flexibility index (Phi) is 9.90. The van der Waals surface area contributed by atoms with Gasteiger partial charge in [-0.05, 0) is 52.6 Å². The van der Waals surface area contributed by atoms with Crippen LogP contribution in [0.4, 0.5) is 13.6 Å². The van der Waals surface area contributed by atoms with Gasteiger partial charge in [-0.15, -0.1) is 0 Å². The first kappa shape index (κ1) is 33.2. The quantitative estimate of drug-likeness (QED) is 0.252. The molecule has 1 aromatic heterocycles. The van der Waals surface area contributed by atoms with E-state index in [-0.39, 0.29) is 31.6 Å². The second kappa shape index (κ2) is 14.6. The largest absolute Gasteiger partial charge is 0.447 e. The minimum absolute atomic E-state index is 0.0545. The van der Waals surface area contributed by atoms with Crippen LogP contribution in [-0.2, 0) is 33.0 Å². The standard InChI is InChI=1S/C36H34F2N6O5/c37-30-10-6-28(7-11-30)36(29-8-12-31(38)13-9-29)33(46)44(34(39)41-36)23-26-20-27(22-40-21-26)32(45)42-14-16-43(17-15-42)35(47)49-19-18-48-24-25-4-2-1-3-5-25/h1-13,20-22H,14-19,23-24H2,(H2,39,41). The molecule has 0 aliphatic carbocycles. The van der Waals surface area contributed by atoms with Gasteiger partial charge in [-0.2, -0.15) is 0 Å². The third-order valence-corrected chi connectivity index (χ3v) is 8.41. The molecule has 6 rings (SSSR count). The van der Waals surface area contributed by atoms with Gasteiger partial charge in [0.15, 0.2) is 11.5 Å². The van der Waals surface area contributed by atoms with Gasteiger partial charge in [0.1, 0.15) is 18.2 Å². The first-order valence-electron chi connectivity index (χ1n) is 15.7. The normalized spacial score (nSPS) is 15.7. The molecule has 0 radical (unpaired) electrons. The van der Waals surface area contributed by atoms with Crippen molar-refractivity contribution in [2.24, 2.45) is 10.7 Å². The summed E-state index contributed by atoms with van der Waals surface area (Å²) in [5.41, 5.74) is 7.21. The van der Waals surface area contributed by atoms with Gasteiger partial charge in [-0.25, -0.2) is 18.6 Å². The molecule has 252 valence electrons. The van der Waals surface area contributed by atoms with E-state index in [2.05, 4.69) is 9.98 Å². The predicted octanol–water partition coefficient (Wildman–Crippen LogP) is 4.07. The van der Waals surface area contributed by atoms with E-state index < -0.39 is 29.2 Å². The van der Waals surface area contributed by atoms with Crippen molar-refractivity contribution >= 4 is 23.9 Å². The Morgan fingerprint density at radius 2 is 1.41 bits per heavy atom. The van der Waals surface area contributed by atoms with Gasteiger partial charge in [0, 0.05) is 38.6 Å². The van der Waals surface area contributed by atoms with Crippen LogP contribution in [0, 0.1) is 11.6 Å². The summed E-state index contributed by atoms with van der Waals surface area (Å²) in [6.45, 7) is 1.95. The van der Waals surface area contributed by atoms with Crippen molar-refractivity contribution in [1.29, 1.82) is 0 Å². The molecule has 0 bridgehead atoms. The maximum atomic E-state index is 14.1. The van der Waals surface area contributed by atoms with Crippen molar-refractivity contribution < 1.29 is 32.6 Å². The number of carbonyl (C=O) groups is 3. The van der Waals surface area contributed by atoms with Crippen LogP contribution in [-0.4, -0.2) is 82.9 Å². The summed E-state index contributed by atoms with van der Waals surface area (Å²) in [6.07, 6.45) is 2.49. The van der Waals surface area contributed by atoms with E-state index in [1.165, 1.54) is 65.8 Å². The van der Waals surface area contributed by atoms with E-state index in [0.717, 1.165) is 5.56 Å². The van der Waals surface area contributed by atoms with Crippen molar-refractivity contribution in [2.75, 3.05) is 39.4 Å². The maximum Gasteiger partial charge on any atom is 0.409 e. The summed E-state index contributed by atoms with van der Waals surface area (Å²) in [6, 6.07) is 22.0. The van der Waals surface area contributed by atoms with Gasteiger partial charge in [0.25, 0.3) is 11.8 Å². The zero-order valence-corrected chi connectivity index (χ0v) is 26.5. The molecule has 11 nitrogen and oxygen atoms in total. The molecule has 0 atom stereocenters. The molecule has 2 aliphatic heterocycles. The van der Waals surface area contributed by atoms with E-state index in [9.17, 15) is 23.2 Å². The molecule has 0 unspecified atom stereocenters. The number of halogens is 2. The lowest BCUT2D eigenvalue weighted by atomic mass is 9.82. The van der Waals surface area contributed by atoms with Gasteiger partial charge in [-0.1, -0.05) is 54.6 Å². The predicted molar refractivity (Wildman–Crippen MR) is 175 cm³/mol. The summed E-state index contributed by atoms with van der Waals surface area (Å²) in [7, 11) is 0. The molecule has 13 heteroatoms. The second-order valence-corrected chi connectivity index (χ2v) is 11.6. The van der Waals surface area contributed by atoms with Crippen LogP contribution in [0.2, 0.25) is 0 Å². The lowest BCUT2D eigenvalue weighted by molar-refractivity contribution is -0.130. The lowest BCUT2D eigenvalue weighted by Crippen LogP contribution is -2.50. The zero-order valence-electron chi connectivity index (χ0n) is 26.5. The summed E-state index contributed by atoms with van der Waals surface area (Å²) in [5.74, 6) is -1.89. The molecule has 1 saturated heterocycles. The Morgan fingerprint density at radius 3 is 2.04 bits per heavy atom. The van der Waals surface area contributed by atoms with Gasteiger partial charge in [-0.3, -0.25) is 19.5 Å².